The Morgan fingerprint density at radius 2 is 2.06 bits per heavy atom. The molecule has 0 radical (unpaired) electrons. The Kier molecular flexibility index (Phi) is 2.44. The van der Waals surface area contributed by atoms with Crippen LogP contribution >= 0.6 is 11.6 Å². The third-order valence-electron chi connectivity index (χ3n) is 3.06. The topological polar surface area (TPSA) is 17.8 Å². The number of halogens is 1. The lowest BCUT2D eigenvalue weighted by Crippen LogP contribution is -2.08. The van der Waals surface area contributed by atoms with Gasteiger partial charge in [-0.3, -0.25) is 0 Å². The molecule has 2 nitrogen and oxygen atoms in total. The van der Waals surface area contributed by atoms with Gasteiger partial charge in [-0.25, -0.2) is 4.98 Å². The summed E-state index contributed by atoms with van der Waals surface area (Å²) in [6.45, 7) is 1.09. The van der Waals surface area contributed by atoms with Gasteiger partial charge in [-0.2, -0.15) is 0 Å². The molecular formula is C13H13ClN2. The minimum Gasteiger partial charge on any atom is -0.334 e. The summed E-state index contributed by atoms with van der Waals surface area (Å²) >= 11 is 6.17. The highest BCUT2D eigenvalue weighted by molar-refractivity contribution is 6.33. The van der Waals surface area contributed by atoms with E-state index in [2.05, 4.69) is 15.7 Å². The van der Waals surface area contributed by atoms with Crippen LogP contribution in [0.5, 0.6) is 0 Å². The predicted molar refractivity (Wildman–Crippen MR) is 65.6 cm³/mol. The van der Waals surface area contributed by atoms with Gasteiger partial charge in [-0.15, -0.1) is 0 Å². The third kappa shape index (κ3) is 1.63. The Labute approximate surface area is 99.9 Å². The Morgan fingerprint density at radius 3 is 2.88 bits per heavy atom. The van der Waals surface area contributed by atoms with Crippen molar-refractivity contribution in [2.75, 3.05) is 0 Å². The van der Waals surface area contributed by atoms with Crippen LogP contribution in [0.3, 0.4) is 0 Å². The summed E-state index contributed by atoms with van der Waals surface area (Å²) in [7, 11) is 0. The first-order valence-corrected chi connectivity index (χ1v) is 6.03. The highest BCUT2D eigenvalue weighted by atomic mass is 35.5. The van der Waals surface area contributed by atoms with Crippen molar-refractivity contribution in [2.45, 2.75) is 25.8 Å². The second-order valence-corrected chi connectivity index (χ2v) is 4.58. The highest BCUT2D eigenvalue weighted by Gasteiger charge is 2.14. The van der Waals surface area contributed by atoms with Crippen LogP contribution in [0, 0.1) is 0 Å². The summed E-state index contributed by atoms with van der Waals surface area (Å²) in [4.78, 5) is 4.66. The van der Waals surface area contributed by atoms with E-state index in [1.165, 1.54) is 18.7 Å². The monoisotopic (exact) mass is 232 g/mol. The molecule has 3 rings (SSSR count). The molecule has 1 aliphatic heterocycles. The molecule has 0 bridgehead atoms. The summed E-state index contributed by atoms with van der Waals surface area (Å²) in [5, 5.41) is 0.776. The average molecular weight is 233 g/mol. The van der Waals surface area contributed by atoms with Crippen LogP contribution in [0.15, 0.2) is 30.5 Å². The second kappa shape index (κ2) is 3.95. The molecule has 16 heavy (non-hydrogen) atoms. The Morgan fingerprint density at radius 1 is 1.19 bits per heavy atom. The van der Waals surface area contributed by atoms with Gasteiger partial charge in [-0.05, 0) is 18.9 Å². The van der Waals surface area contributed by atoms with Crippen molar-refractivity contribution in [3.05, 3.63) is 41.3 Å². The number of hydrogen-bond acceptors (Lipinski definition) is 1. The maximum Gasteiger partial charge on any atom is 0.109 e. The minimum atomic E-state index is 0.776. The van der Waals surface area contributed by atoms with Crippen molar-refractivity contribution < 1.29 is 0 Å². The molecule has 0 fully saturated rings. The van der Waals surface area contributed by atoms with E-state index in [9.17, 15) is 0 Å². The van der Waals surface area contributed by atoms with E-state index in [-0.39, 0.29) is 0 Å². The number of rotatable bonds is 1. The Hall–Kier alpha value is -1.28. The van der Waals surface area contributed by atoms with Gasteiger partial charge >= 0.3 is 0 Å². The summed E-state index contributed by atoms with van der Waals surface area (Å²) in [5.74, 6) is 1.20. The normalized spacial score (nSPS) is 14.8. The molecule has 0 aliphatic carbocycles. The zero-order chi connectivity index (χ0) is 11.0. The van der Waals surface area contributed by atoms with Crippen molar-refractivity contribution in [1.82, 2.24) is 9.55 Å². The standard InChI is InChI=1S/C13H13ClN2/c14-11-6-2-1-5-10(11)12-9-16-8-4-3-7-13(16)15-12/h1-2,5-6,9H,3-4,7-8H2. The quantitative estimate of drug-likeness (QED) is 0.736. The Bertz CT molecular complexity index is 493. The van der Waals surface area contributed by atoms with Crippen LogP contribution in [0.25, 0.3) is 11.3 Å². The van der Waals surface area contributed by atoms with E-state index < -0.39 is 0 Å². The fraction of sp³-hybridized carbons (Fsp3) is 0.308. The molecule has 0 amide bonds. The zero-order valence-corrected chi connectivity index (χ0v) is 9.74. The van der Waals surface area contributed by atoms with Gasteiger partial charge < -0.3 is 4.57 Å². The van der Waals surface area contributed by atoms with E-state index in [0.717, 1.165) is 29.2 Å². The zero-order valence-electron chi connectivity index (χ0n) is 8.99. The Balaban J connectivity index is 2.07. The van der Waals surface area contributed by atoms with Crippen molar-refractivity contribution in [2.24, 2.45) is 0 Å². The van der Waals surface area contributed by atoms with Gasteiger partial charge in [-0.1, -0.05) is 29.8 Å². The number of nitrogens with zero attached hydrogens (tertiary/aromatic N) is 2. The molecule has 0 spiro atoms. The summed E-state index contributed by atoms with van der Waals surface area (Å²) in [5.41, 5.74) is 2.04. The van der Waals surface area contributed by atoms with E-state index in [1.807, 2.05) is 24.3 Å². The lowest BCUT2D eigenvalue weighted by molar-refractivity contribution is 0.522. The molecule has 0 atom stereocenters. The molecule has 0 unspecified atom stereocenters. The van der Waals surface area contributed by atoms with Crippen molar-refractivity contribution >= 4 is 11.6 Å². The van der Waals surface area contributed by atoms with Gasteiger partial charge in [0.05, 0.1) is 10.7 Å². The van der Waals surface area contributed by atoms with Crippen molar-refractivity contribution in [1.29, 1.82) is 0 Å². The SMILES string of the molecule is Clc1ccccc1-c1cn2c(n1)CCCC2. The number of fused-ring (bicyclic) bond motifs is 1. The number of benzene rings is 1. The molecule has 1 aromatic carbocycles. The first kappa shape index (κ1) is 9.91. The smallest absolute Gasteiger partial charge is 0.109 e. The molecule has 82 valence electrons. The first-order chi connectivity index (χ1) is 7.84. The maximum atomic E-state index is 6.17. The third-order valence-corrected chi connectivity index (χ3v) is 3.39. The van der Waals surface area contributed by atoms with Gasteiger partial charge in [0.2, 0.25) is 0 Å². The lowest BCUT2D eigenvalue weighted by Gasteiger charge is -2.11. The van der Waals surface area contributed by atoms with Crippen LogP contribution < -0.4 is 0 Å². The number of aryl methyl sites for hydroxylation is 2. The summed E-state index contributed by atoms with van der Waals surface area (Å²) in [6.07, 6.45) is 5.71. The molecule has 3 heteroatoms. The van der Waals surface area contributed by atoms with E-state index in [1.54, 1.807) is 0 Å². The predicted octanol–water partition coefficient (Wildman–Crippen LogP) is 3.54. The molecule has 2 heterocycles. The fourth-order valence-corrected chi connectivity index (χ4v) is 2.44. The largest absolute Gasteiger partial charge is 0.334 e. The van der Waals surface area contributed by atoms with Gasteiger partial charge in [0.1, 0.15) is 5.82 Å². The van der Waals surface area contributed by atoms with Crippen LogP contribution in [-0.4, -0.2) is 9.55 Å². The van der Waals surface area contributed by atoms with Crippen LogP contribution in [0.2, 0.25) is 5.02 Å². The van der Waals surface area contributed by atoms with Crippen molar-refractivity contribution in [3.63, 3.8) is 0 Å². The minimum absolute atomic E-state index is 0.776. The van der Waals surface area contributed by atoms with E-state index in [4.69, 9.17) is 11.6 Å². The maximum absolute atomic E-state index is 6.17. The van der Waals surface area contributed by atoms with Gasteiger partial charge in [0.15, 0.2) is 0 Å². The molecular weight excluding hydrogens is 220 g/mol. The molecule has 0 saturated heterocycles. The molecule has 1 aromatic heterocycles. The van der Waals surface area contributed by atoms with Crippen LogP contribution in [0.4, 0.5) is 0 Å². The molecule has 1 aliphatic rings. The molecule has 0 saturated carbocycles. The van der Waals surface area contributed by atoms with Gasteiger partial charge in [0.25, 0.3) is 0 Å². The number of aromatic nitrogens is 2. The van der Waals surface area contributed by atoms with Crippen LogP contribution in [0.1, 0.15) is 18.7 Å². The number of imidazole rings is 1. The van der Waals surface area contributed by atoms with E-state index in [0.29, 0.717) is 0 Å². The fourth-order valence-electron chi connectivity index (χ4n) is 2.21. The first-order valence-electron chi connectivity index (χ1n) is 5.65. The second-order valence-electron chi connectivity index (χ2n) is 4.17. The molecule has 2 aromatic rings. The van der Waals surface area contributed by atoms with Crippen LogP contribution in [-0.2, 0) is 13.0 Å². The summed E-state index contributed by atoms with van der Waals surface area (Å²) in [6, 6.07) is 7.88. The average Bonchev–Trinajstić information content (AvgIpc) is 2.73. The van der Waals surface area contributed by atoms with E-state index >= 15 is 0 Å². The van der Waals surface area contributed by atoms with Crippen molar-refractivity contribution in [3.8, 4) is 11.3 Å². The lowest BCUT2D eigenvalue weighted by atomic mass is 10.2. The number of hydrogen-bond donors (Lipinski definition) is 0. The highest BCUT2D eigenvalue weighted by Crippen LogP contribution is 2.28. The summed E-state index contributed by atoms with van der Waals surface area (Å²) < 4.78 is 2.25. The molecule has 0 N–H and O–H groups in total. The van der Waals surface area contributed by atoms with Gasteiger partial charge in [0, 0.05) is 24.7 Å².